The first-order valence-electron chi connectivity index (χ1n) is 8.78. The lowest BCUT2D eigenvalue weighted by Crippen LogP contribution is -2.42. The van der Waals surface area contributed by atoms with Crippen molar-refractivity contribution in [2.75, 3.05) is 20.1 Å². The van der Waals surface area contributed by atoms with E-state index in [-0.39, 0.29) is 36.2 Å². The molecular weight excluding hydrogens is 386 g/mol. The number of nitrogens with zero attached hydrogens (tertiary/aromatic N) is 3. The SMILES string of the molecule is CC(=O)N1C[C@@H](N)CC[C@@H](C(=O)N(C)Cc2cc(-c3cccs3)n[nH]2)C1.Cl. The fraction of sp³-hybridized carbons (Fsp3) is 0.500. The maximum Gasteiger partial charge on any atom is 0.227 e. The number of halogens is 1. The molecule has 0 unspecified atom stereocenters. The summed E-state index contributed by atoms with van der Waals surface area (Å²) in [4.78, 5) is 29.1. The van der Waals surface area contributed by atoms with Gasteiger partial charge in [-0.25, -0.2) is 0 Å². The average Bonchev–Trinajstić information content (AvgIpc) is 3.24. The van der Waals surface area contributed by atoms with Crippen LogP contribution in [0.4, 0.5) is 0 Å². The highest BCUT2D eigenvalue weighted by molar-refractivity contribution is 7.13. The minimum absolute atomic E-state index is 0. The predicted molar refractivity (Wildman–Crippen MR) is 109 cm³/mol. The fourth-order valence-electron chi connectivity index (χ4n) is 3.32. The number of aromatic nitrogens is 2. The van der Waals surface area contributed by atoms with Gasteiger partial charge in [0, 0.05) is 33.1 Å². The highest BCUT2D eigenvalue weighted by atomic mass is 35.5. The third-order valence-electron chi connectivity index (χ3n) is 4.76. The first-order chi connectivity index (χ1) is 12.4. The number of nitrogens with one attached hydrogen (secondary N) is 1. The molecule has 1 aliphatic rings. The first kappa shape index (κ1) is 21.4. The average molecular weight is 412 g/mol. The number of H-pyrrole nitrogens is 1. The molecule has 7 nitrogen and oxygen atoms in total. The molecular formula is C18H26ClN5O2S. The van der Waals surface area contributed by atoms with Gasteiger partial charge < -0.3 is 15.5 Å². The largest absolute Gasteiger partial charge is 0.341 e. The first-order valence-corrected chi connectivity index (χ1v) is 9.66. The molecule has 27 heavy (non-hydrogen) atoms. The molecule has 2 aromatic rings. The highest BCUT2D eigenvalue weighted by Gasteiger charge is 2.30. The Morgan fingerprint density at radius 3 is 2.85 bits per heavy atom. The van der Waals surface area contributed by atoms with Crippen molar-refractivity contribution in [1.82, 2.24) is 20.0 Å². The van der Waals surface area contributed by atoms with E-state index in [1.54, 1.807) is 28.2 Å². The van der Waals surface area contributed by atoms with E-state index in [9.17, 15) is 9.59 Å². The molecule has 0 aliphatic carbocycles. The molecule has 2 amide bonds. The van der Waals surface area contributed by atoms with E-state index in [0.29, 0.717) is 26.1 Å². The number of hydrogen-bond donors (Lipinski definition) is 2. The Labute approximate surface area is 169 Å². The Morgan fingerprint density at radius 1 is 1.41 bits per heavy atom. The summed E-state index contributed by atoms with van der Waals surface area (Å²) in [6.07, 6.45) is 1.46. The number of thiophene rings is 1. The maximum atomic E-state index is 12.9. The molecule has 2 aromatic heterocycles. The van der Waals surface area contributed by atoms with Gasteiger partial charge in [0.25, 0.3) is 0 Å². The molecule has 2 atom stereocenters. The normalized spacial score (nSPS) is 19.9. The van der Waals surface area contributed by atoms with Crippen molar-refractivity contribution in [1.29, 1.82) is 0 Å². The predicted octanol–water partition coefficient (Wildman–Crippen LogP) is 2.10. The Balaban J connectivity index is 0.00000261. The molecule has 0 bridgehead atoms. The van der Waals surface area contributed by atoms with Crippen LogP contribution in [-0.2, 0) is 16.1 Å². The second kappa shape index (κ2) is 9.34. The van der Waals surface area contributed by atoms with Gasteiger partial charge in [0.05, 0.1) is 23.0 Å². The summed E-state index contributed by atoms with van der Waals surface area (Å²) >= 11 is 1.63. The van der Waals surface area contributed by atoms with Gasteiger partial charge in [-0.1, -0.05) is 6.07 Å². The molecule has 0 aromatic carbocycles. The van der Waals surface area contributed by atoms with E-state index in [0.717, 1.165) is 22.7 Å². The number of likely N-dealkylation sites (tertiary alicyclic amines) is 1. The summed E-state index contributed by atoms with van der Waals surface area (Å²) in [7, 11) is 1.79. The van der Waals surface area contributed by atoms with Gasteiger partial charge in [0.2, 0.25) is 11.8 Å². The van der Waals surface area contributed by atoms with Crippen LogP contribution in [0.2, 0.25) is 0 Å². The lowest BCUT2D eigenvalue weighted by atomic mass is 10.0. The molecule has 0 saturated carbocycles. The van der Waals surface area contributed by atoms with Crippen molar-refractivity contribution in [3.63, 3.8) is 0 Å². The molecule has 1 aliphatic heterocycles. The minimum atomic E-state index is -0.211. The van der Waals surface area contributed by atoms with Crippen LogP contribution in [0.15, 0.2) is 23.6 Å². The van der Waals surface area contributed by atoms with Gasteiger partial charge >= 0.3 is 0 Å². The maximum absolute atomic E-state index is 12.9. The monoisotopic (exact) mass is 411 g/mol. The second-order valence-corrected chi connectivity index (χ2v) is 7.86. The minimum Gasteiger partial charge on any atom is -0.341 e. The third kappa shape index (κ3) is 5.31. The van der Waals surface area contributed by atoms with Crippen LogP contribution < -0.4 is 5.73 Å². The molecule has 0 radical (unpaired) electrons. The van der Waals surface area contributed by atoms with E-state index in [4.69, 9.17) is 5.73 Å². The Bertz CT molecular complexity index is 764. The molecule has 148 valence electrons. The molecule has 3 heterocycles. The standard InChI is InChI=1S/C18H25N5O2S.ClH/c1-12(24)23-9-13(5-6-14(19)10-23)18(25)22(2)11-15-8-16(21-20-15)17-4-3-7-26-17;/h3-4,7-8,13-14H,5-6,9-11,19H2,1-2H3,(H,20,21);1H/t13-,14+;/m1./s1. The summed E-state index contributed by atoms with van der Waals surface area (Å²) in [5.74, 6) is -0.202. The van der Waals surface area contributed by atoms with Crippen LogP contribution in [0, 0.1) is 5.92 Å². The van der Waals surface area contributed by atoms with E-state index >= 15 is 0 Å². The Kier molecular flexibility index (Phi) is 7.41. The second-order valence-electron chi connectivity index (χ2n) is 6.91. The van der Waals surface area contributed by atoms with Crippen LogP contribution >= 0.6 is 23.7 Å². The van der Waals surface area contributed by atoms with E-state index in [1.807, 2.05) is 23.6 Å². The zero-order valence-corrected chi connectivity index (χ0v) is 17.2. The summed E-state index contributed by atoms with van der Waals surface area (Å²) in [5.41, 5.74) is 7.82. The number of amides is 2. The van der Waals surface area contributed by atoms with E-state index < -0.39 is 0 Å². The summed E-state index contributed by atoms with van der Waals surface area (Å²) < 4.78 is 0. The number of carbonyl (C=O) groups excluding carboxylic acids is 2. The number of hydrogen-bond acceptors (Lipinski definition) is 5. The summed E-state index contributed by atoms with van der Waals surface area (Å²) in [5, 5.41) is 9.34. The number of nitrogens with two attached hydrogens (primary N) is 1. The number of rotatable bonds is 4. The summed E-state index contributed by atoms with van der Waals surface area (Å²) in [6.45, 7) is 2.95. The van der Waals surface area contributed by atoms with Crippen LogP contribution in [0.25, 0.3) is 10.6 Å². The van der Waals surface area contributed by atoms with E-state index in [1.165, 1.54) is 6.92 Å². The molecule has 1 fully saturated rings. The van der Waals surface area contributed by atoms with Crippen LogP contribution in [-0.4, -0.2) is 58.0 Å². The van der Waals surface area contributed by atoms with Crippen LogP contribution in [0.5, 0.6) is 0 Å². The molecule has 9 heteroatoms. The topological polar surface area (TPSA) is 95.3 Å². The molecule has 3 rings (SSSR count). The summed E-state index contributed by atoms with van der Waals surface area (Å²) in [6, 6.07) is 5.91. The molecule has 0 spiro atoms. The van der Waals surface area contributed by atoms with Crippen molar-refractivity contribution in [2.24, 2.45) is 11.7 Å². The lowest BCUT2D eigenvalue weighted by Gasteiger charge is -2.26. The third-order valence-corrected chi connectivity index (χ3v) is 5.66. The van der Waals surface area contributed by atoms with Gasteiger partial charge in [-0.05, 0) is 30.4 Å². The van der Waals surface area contributed by atoms with Crippen molar-refractivity contribution >= 4 is 35.6 Å². The van der Waals surface area contributed by atoms with Gasteiger partial charge in [-0.3, -0.25) is 14.7 Å². The number of aromatic amines is 1. The quantitative estimate of drug-likeness (QED) is 0.805. The number of carbonyl (C=O) groups is 2. The van der Waals surface area contributed by atoms with Gasteiger partial charge in [0.15, 0.2) is 0 Å². The van der Waals surface area contributed by atoms with Crippen LogP contribution in [0.3, 0.4) is 0 Å². The van der Waals surface area contributed by atoms with Crippen molar-refractivity contribution in [3.05, 3.63) is 29.3 Å². The fourth-order valence-corrected chi connectivity index (χ4v) is 4.00. The zero-order chi connectivity index (χ0) is 18.7. The molecule has 3 N–H and O–H groups in total. The van der Waals surface area contributed by atoms with Crippen molar-refractivity contribution in [3.8, 4) is 10.6 Å². The zero-order valence-electron chi connectivity index (χ0n) is 15.6. The van der Waals surface area contributed by atoms with Gasteiger partial charge in [-0.2, -0.15) is 5.10 Å². The lowest BCUT2D eigenvalue weighted by molar-refractivity contribution is -0.137. The Hall–Kier alpha value is -1.90. The van der Waals surface area contributed by atoms with E-state index in [2.05, 4.69) is 10.2 Å². The Morgan fingerprint density at radius 2 is 2.19 bits per heavy atom. The van der Waals surface area contributed by atoms with Gasteiger partial charge in [0.1, 0.15) is 5.69 Å². The van der Waals surface area contributed by atoms with Crippen LogP contribution in [0.1, 0.15) is 25.5 Å². The highest BCUT2D eigenvalue weighted by Crippen LogP contribution is 2.24. The smallest absolute Gasteiger partial charge is 0.227 e. The molecule has 1 saturated heterocycles. The van der Waals surface area contributed by atoms with Gasteiger partial charge in [-0.15, -0.1) is 23.7 Å². The van der Waals surface area contributed by atoms with Crippen molar-refractivity contribution in [2.45, 2.75) is 32.4 Å². The van der Waals surface area contributed by atoms with Crippen molar-refractivity contribution < 1.29 is 9.59 Å².